The molecule has 1 aromatic rings. The fourth-order valence-electron chi connectivity index (χ4n) is 1.70. The quantitative estimate of drug-likeness (QED) is 0.254. The predicted octanol–water partition coefficient (Wildman–Crippen LogP) is 3.39. The van der Waals surface area contributed by atoms with Gasteiger partial charge in [-0.3, -0.25) is 9.59 Å². The largest absolute Gasteiger partial charge is 0.396 e. The third-order valence-corrected chi connectivity index (χ3v) is 3.28. The van der Waals surface area contributed by atoms with Crippen LogP contribution >= 0.6 is 0 Å². The molecular formula is C18H24N2O4. The first-order valence-corrected chi connectivity index (χ1v) is 8.01. The Balaban J connectivity index is 2.00. The molecule has 1 aromatic carbocycles. The molecule has 0 aliphatic carbocycles. The first kappa shape index (κ1) is 19.5. The lowest BCUT2D eigenvalue weighted by Crippen LogP contribution is -2.05. The Morgan fingerprint density at radius 1 is 0.958 bits per heavy atom. The number of aldehydes is 1. The number of hydrogen-bond acceptors (Lipinski definition) is 6. The summed E-state index contributed by atoms with van der Waals surface area (Å²) in [5.41, 5.74) is 1.92. The van der Waals surface area contributed by atoms with Gasteiger partial charge in [0.15, 0.2) is 5.78 Å². The highest BCUT2D eigenvalue weighted by molar-refractivity contribution is 6.37. The van der Waals surface area contributed by atoms with Crippen LogP contribution in [0.15, 0.2) is 34.6 Å². The molecule has 0 fully saturated rings. The van der Waals surface area contributed by atoms with Gasteiger partial charge in [0.25, 0.3) is 0 Å². The van der Waals surface area contributed by atoms with Crippen molar-refractivity contribution in [3.05, 3.63) is 35.4 Å². The van der Waals surface area contributed by atoms with Crippen molar-refractivity contribution in [1.29, 1.82) is 0 Å². The van der Waals surface area contributed by atoms with Crippen molar-refractivity contribution >= 4 is 24.0 Å². The Labute approximate surface area is 142 Å². The highest BCUT2D eigenvalue weighted by atomic mass is 16.6. The van der Waals surface area contributed by atoms with Crippen molar-refractivity contribution in [2.45, 2.75) is 39.5 Å². The normalized spacial score (nSPS) is 11.5. The van der Waals surface area contributed by atoms with Crippen LogP contribution in [0.5, 0.6) is 0 Å². The standard InChI is InChI=1S/C18H24N2O4/c1-15(16(2)22)20-24-12-6-4-3-5-11-23-19-13-17-7-9-18(14-21)10-8-17/h7-10,13-14H,3-6,11-12H2,1-2H3/b19-13+,20-15+. The summed E-state index contributed by atoms with van der Waals surface area (Å²) >= 11 is 0. The zero-order valence-electron chi connectivity index (χ0n) is 14.2. The lowest BCUT2D eigenvalue weighted by molar-refractivity contribution is -0.111. The molecule has 0 bridgehead atoms. The van der Waals surface area contributed by atoms with Crippen molar-refractivity contribution in [3.8, 4) is 0 Å². The molecule has 0 aliphatic heterocycles. The van der Waals surface area contributed by atoms with Gasteiger partial charge in [0.1, 0.15) is 25.2 Å². The van der Waals surface area contributed by atoms with Gasteiger partial charge < -0.3 is 9.68 Å². The molecule has 0 spiro atoms. The minimum Gasteiger partial charge on any atom is -0.396 e. The Kier molecular flexibility index (Phi) is 9.76. The summed E-state index contributed by atoms with van der Waals surface area (Å²) in [6.45, 7) is 4.17. The van der Waals surface area contributed by atoms with Gasteiger partial charge in [0.05, 0.1) is 6.21 Å². The monoisotopic (exact) mass is 332 g/mol. The lowest BCUT2D eigenvalue weighted by atomic mass is 10.2. The Morgan fingerprint density at radius 2 is 1.54 bits per heavy atom. The molecule has 0 atom stereocenters. The third kappa shape index (κ3) is 8.82. The van der Waals surface area contributed by atoms with Crippen molar-refractivity contribution in [2.75, 3.05) is 13.2 Å². The molecule has 130 valence electrons. The predicted molar refractivity (Wildman–Crippen MR) is 93.6 cm³/mol. The lowest BCUT2D eigenvalue weighted by Gasteiger charge is -2.01. The molecule has 24 heavy (non-hydrogen) atoms. The maximum atomic E-state index is 10.9. The average molecular weight is 332 g/mol. The van der Waals surface area contributed by atoms with Gasteiger partial charge in [-0.1, -0.05) is 34.6 Å². The molecule has 6 nitrogen and oxygen atoms in total. The SMILES string of the molecule is CC(=O)/C(C)=N/OCCCCCCO/N=C/c1ccc(C=O)cc1. The second-order valence-electron chi connectivity index (χ2n) is 5.33. The van der Waals surface area contributed by atoms with E-state index < -0.39 is 0 Å². The Morgan fingerprint density at radius 3 is 2.12 bits per heavy atom. The van der Waals surface area contributed by atoms with Crippen LogP contribution in [-0.4, -0.2) is 37.2 Å². The number of nitrogens with zero attached hydrogens (tertiary/aromatic N) is 2. The summed E-state index contributed by atoms with van der Waals surface area (Å²) in [4.78, 5) is 31.7. The van der Waals surface area contributed by atoms with E-state index in [2.05, 4.69) is 10.3 Å². The number of Topliss-reactive ketones (excluding diaryl/α,β-unsaturated/α-hetero) is 1. The molecule has 0 heterocycles. The first-order chi connectivity index (χ1) is 11.6. The topological polar surface area (TPSA) is 77.3 Å². The van der Waals surface area contributed by atoms with Crippen LogP contribution in [0.1, 0.15) is 55.5 Å². The van der Waals surface area contributed by atoms with Crippen molar-refractivity contribution in [3.63, 3.8) is 0 Å². The smallest absolute Gasteiger partial charge is 0.177 e. The van der Waals surface area contributed by atoms with Crippen LogP contribution in [0.2, 0.25) is 0 Å². The average Bonchev–Trinajstić information content (AvgIpc) is 2.59. The van der Waals surface area contributed by atoms with Gasteiger partial charge in [0, 0.05) is 12.5 Å². The number of ketones is 1. The molecule has 0 aromatic heterocycles. The van der Waals surface area contributed by atoms with E-state index in [-0.39, 0.29) is 5.78 Å². The van der Waals surface area contributed by atoms with Crippen LogP contribution in [-0.2, 0) is 14.5 Å². The molecular weight excluding hydrogens is 308 g/mol. The summed E-state index contributed by atoms with van der Waals surface area (Å²) in [6.07, 6.45) is 6.26. The minimum absolute atomic E-state index is 0.0765. The van der Waals surface area contributed by atoms with Crippen molar-refractivity contribution in [2.24, 2.45) is 10.3 Å². The van der Waals surface area contributed by atoms with Crippen LogP contribution in [0.25, 0.3) is 0 Å². The summed E-state index contributed by atoms with van der Waals surface area (Å²) in [6, 6.07) is 7.09. The van der Waals surface area contributed by atoms with Gasteiger partial charge in [-0.25, -0.2) is 0 Å². The van der Waals surface area contributed by atoms with Crippen LogP contribution in [0.3, 0.4) is 0 Å². The van der Waals surface area contributed by atoms with E-state index in [9.17, 15) is 9.59 Å². The fraction of sp³-hybridized carbons (Fsp3) is 0.444. The molecule has 0 saturated heterocycles. The Hall–Kier alpha value is -2.50. The van der Waals surface area contributed by atoms with Gasteiger partial charge in [0.2, 0.25) is 0 Å². The second-order valence-corrected chi connectivity index (χ2v) is 5.33. The molecule has 6 heteroatoms. The fourth-order valence-corrected chi connectivity index (χ4v) is 1.70. The third-order valence-electron chi connectivity index (χ3n) is 3.28. The summed E-state index contributed by atoms with van der Waals surface area (Å²) in [5.74, 6) is -0.0765. The highest BCUT2D eigenvalue weighted by Crippen LogP contribution is 2.02. The molecule has 0 radical (unpaired) electrons. The van der Waals surface area contributed by atoms with E-state index in [4.69, 9.17) is 9.68 Å². The van der Waals surface area contributed by atoms with E-state index in [1.54, 1.807) is 25.3 Å². The molecule has 0 saturated carbocycles. The highest BCUT2D eigenvalue weighted by Gasteiger charge is 1.97. The molecule has 0 unspecified atom stereocenters. The second kappa shape index (κ2) is 12.0. The van der Waals surface area contributed by atoms with E-state index in [0.717, 1.165) is 37.5 Å². The number of rotatable bonds is 12. The number of unbranched alkanes of at least 4 members (excludes halogenated alkanes) is 3. The van der Waals surface area contributed by atoms with E-state index in [1.807, 2.05) is 12.1 Å². The number of carbonyl (C=O) groups excluding carboxylic acids is 2. The molecule has 0 N–H and O–H groups in total. The van der Waals surface area contributed by atoms with Gasteiger partial charge in [-0.2, -0.15) is 0 Å². The summed E-state index contributed by atoms with van der Waals surface area (Å²) in [7, 11) is 0. The van der Waals surface area contributed by atoms with E-state index in [0.29, 0.717) is 24.5 Å². The first-order valence-electron chi connectivity index (χ1n) is 8.01. The van der Waals surface area contributed by atoms with Crippen LogP contribution < -0.4 is 0 Å². The maximum Gasteiger partial charge on any atom is 0.177 e. The van der Waals surface area contributed by atoms with Gasteiger partial charge in [-0.15, -0.1) is 0 Å². The van der Waals surface area contributed by atoms with E-state index in [1.165, 1.54) is 6.92 Å². The number of hydrogen-bond donors (Lipinski definition) is 0. The van der Waals surface area contributed by atoms with Gasteiger partial charge in [-0.05, 0) is 38.2 Å². The number of oxime groups is 2. The van der Waals surface area contributed by atoms with Crippen molar-refractivity contribution in [1.82, 2.24) is 0 Å². The molecule has 1 rings (SSSR count). The van der Waals surface area contributed by atoms with Crippen molar-refractivity contribution < 1.29 is 19.3 Å². The molecule has 0 aliphatic rings. The zero-order chi connectivity index (χ0) is 17.6. The van der Waals surface area contributed by atoms with Gasteiger partial charge >= 0.3 is 0 Å². The summed E-state index contributed by atoms with van der Waals surface area (Å²) in [5, 5.41) is 7.62. The maximum absolute atomic E-state index is 10.9. The van der Waals surface area contributed by atoms with Crippen LogP contribution in [0.4, 0.5) is 0 Å². The Bertz CT molecular complexity index is 565. The summed E-state index contributed by atoms with van der Waals surface area (Å²) < 4.78 is 0. The zero-order valence-corrected chi connectivity index (χ0v) is 14.2. The molecule has 0 amide bonds. The number of carbonyl (C=O) groups is 2. The number of benzene rings is 1. The van der Waals surface area contributed by atoms with Crippen LogP contribution in [0, 0.1) is 0 Å². The van der Waals surface area contributed by atoms with E-state index >= 15 is 0 Å². The minimum atomic E-state index is -0.0765.